The molecular weight excluding hydrogens is 325 g/mol. The minimum absolute atomic E-state index is 0. The molecule has 0 aliphatic carbocycles. The fourth-order valence-electron chi connectivity index (χ4n) is 0. The van der Waals surface area contributed by atoms with E-state index < -0.39 is 23.9 Å². The second-order valence-corrected chi connectivity index (χ2v) is 2.08. The average Bonchev–Trinajstić information content (AvgIpc) is 1.76. The van der Waals surface area contributed by atoms with Crippen LogP contribution in [0.1, 0.15) is 27.7 Å². The van der Waals surface area contributed by atoms with Gasteiger partial charge in [-0.2, -0.15) is 0 Å². The summed E-state index contributed by atoms with van der Waals surface area (Å²) in [5.74, 6) is -3.33. The van der Waals surface area contributed by atoms with Crippen LogP contribution in [0.5, 0.6) is 0 Å². The van der Waals surface area contributed by atoms with Crippen LogP contribution in [0.15, 0.2) is 0 Å². The van der Waals surface area contributed by atoms with Crippen molar-refractivity contribution in [3.63, 3.8) is 0 Å². The Morgan fingerprint density at radius 2 is 0.529 bits per heavy atom. The van der Waals surface area contributed by atoms with E-state index in [1.54, 1.807) is 0 Å². The molecule has 0 aromatic rings. The molecule has 0 radical (unpaired) electrons. The number of aliphatic carboxylic acids is 4. The van der Waals surface area contributed by atoms with E-state index in [1.165, 1.54) is 0 Å². The first-order chi connectivity index (χ1) is 6.93. The van der Waals surface area contributed by atoms with E-state index in [1.807, 2.05) is 0 Å². The fourth-order valence-corrected chi connectivity index (χ4v) is 0. The molecular formula is C8H16O8Ru. The van der Waals surface area contributed by atoms with Gasteiger partial charge in [0, 0.05) is 47.2 Å². The molecule has 0 aliphatic rings. The zero-order valence-electron chi connectivity index (χ0n) is 9.78. The van der Waals surface area contributed by atoms with Crippen molar-refractivity contribution in [3.8, 4) is 0 Å². The van der Waals surface area contributed by atoms with Gasteiger partial charge in [-0.15, -0.1) is 0 Å². The summed E-state index contributed by atoms with van der Waals surface area (Å²) in [6, 6.07) is 0. The van der Waals surface area contributed by atoms with E-state index in [0.29, 0.717) is 0 Å². The van der Waals surface area contributed by atoms with E-state index in [-0.39, 0.29) is 19.5 Å². The molecule has 17 heavy (non-hydrogen) atoms. The Balaban J connectivity index is -0.0000000369. The van der Waals surface area contributed by atoms with Gasteiger partial charge in [-0.3, -0.25) is 19.2 Å². The summed E-state index contributed by atoms with van der Waals surface area (Å²) in [5, 5.41) is 29.7. The number of hydrogen-bond acceptors (Lipinski definition) is 4. The Labute approximate surface area is 111 Å². The normalized spacial score (nSPS) is 5.88. The summed E-state index contributed by atoms with van der Waals surface area (Å²) in [4.78, 5) is 36.0. The standard InChI is InChI=1S/4C2H4O2.Ru/c4*1-2(3)4;/h4*1H3,(H,3,4);. The van der Waals surface area contributed by atoms with Crippen LogP contribution in [0, 0.1) is 0 Å². The van der Waals surface area contributed by atoms with Crippen molar-refractivity contribution in [1.29, 1.82) is 0 Å². The van der Waals surface area contributed by atoms with E-state index >= 15 is 0 Å². The number of carboxylic acid groups (broad SMARTS) is 4. The fraction of sp³-hybridized carbons (Fsp3) is 0.500. The monoisotopic (exact) mass is 342 g/mol. The topological polar surface area (TPSA) is 149 Å². The van der Waals surface area contributed by atoms with Gasteiger partial charge in [0.05, 0.1) is 0 Å². The van der Waals surface area contributed by atoms with Gasteiger partial charge < -0.3 is 20.4 Å². The second kappa shape index (κ2) is 24.0. The smallest absolute Gasteiger partial charge is 0.300 e. The maximum absolute atomic E-state index is 9.00. The average molecular weight is 341 g/mol. The Kier molecular flexibility index (Phi) is 41.7. The molecule has 0 saturated heterocycles. The van der Waals surface area contributed by atoms with Crippen LogP contribution in [-0.4, -0.2) is 44.3 Å². The molecule has 9 heteroatoms. The van der Waals surface area contributed by atoms with Crippen molar-refractivity contribution < 1.29 is 59.1 Å². The Hall–Kier alpha value is -1.50. The van der Waals surface area contributed by atoms with E-state index in [0.717, 1.165) is 27.7 Å². The first-order valence-electron chi connectivity index (χ1n) is 3.71. The van der Waals surface area contributed by atoms with Crippen molar-refractivity contribution in [2.75, 3.05) is 0 Å². The largest absolute Gasteiger partial charge is 0.481 e. The Morgan fingerprint density at radius 1 is 0.529 bits per heavy atom. The molecule has 4 N–H and O–H groups in total. The van der Waals surface area contributed by atoms with Crippen LogP contribution in [0.2, 0.25) is 0 Å². The maximum atomic E-state index is 9.00. The van der Waals surface area contributed by atoms with Crippen LogP contribution < -0.4 is 0 Å². The zero-order valence-corrected chi connectivity index (χ0v) is 11.5. The third-order valence-electron chi connectivity index (χ3n) is 0. The number of hydrogen-bond donors (Lipinski definition) is 4. The van der Waals surface area contributed by atoms with Gasteiger partial charge in [0.25, 0.3) is 23.9 Å². The van der Waals surface area contributed by atoms with Crippen LogP contribution in [0.25, 0.3) is 0 Å². The first kappa shape index (κ1) is 29.6. The minimum Gasteiger partial charge on any atom is -0.481 e. The molecule has 0 spiro atoms. The molecule has 0 atom stereocenters. The second-order valence-electron chi connectivity index (χ2n) is 2.08. The molecule has 0 aromatic carbocycles. The molecule has 0 heterocycles. The van der Waals surface area contributed by atoms with Crippen LogP contribution >= 0.6 is 0 Å². The number of rotatable bonds is 0. The summed E-state index contributed by atoms with van der Waals surface area (Å²) in [6.07, 6.45) is 0. The third-order valence-corrected chi connectivity index (χ3v) is 0. The summed E-state index contributed by atoms with van der Waals surface area (Å²) < 4.78 is 0. The predicted molar refractivity (Wildman–Crippen MR) is 53.2 cm³/mol. The summed E-state index contributed by atoms with van der Waals surface area (Å²) in [7, 11) is 0. The van der Waals surface area contributed by atoms with Gasteiger partial charge in [-0.05, 0) is 0 Å². The van der Waals surface area contributed by atoms with Crippen LogP contribution in [0.4, 0.5) is 0 Å². The summed E-state index contributed by atoms with van der Waals surface area (Å²) >= 11 is 0. The Bertz CT molecular complexity index is 162. The van der Waals surface area contributed by atoms with Gasteiger partial charge in [-0.25, -0.2) is 0 Å². The summed E-state index contributed by atoms with van der Waals surface area (Å²) in [5.41, 5.74) is 0. The molecule has 0 saturated carbocycles. The zero-order chi connectivity index (χ0) is 14.3. The Morgan fingerprint density at radius 3 is 0.529 bits per heavy atom. The molecule has 0 amide bonds. The van der Waals surface area contributed by atoms with Crippen molar-refractivity contribution >= 4 is 23.9 Å². The minimum atomic E-state index is -0.833. The maximum Gasteiger partial charge on any atom is 0.300 e. The van der Waals surface area contributed by atoms with Gasteiger partial charge in [0.1, 0.15) is 0 Å². The van der Waals surface area contributed by atoms with E-state index in [4.69, 9.17) is 39.6 Å². The van der Waals surface area contributed by atoms with Crippen LogP contribution in [0.3, 0.4) is 0 Å². The van der Waals surface area contributed by atoms with Crippen molar-refractivity contribution in [1.82, 2.24) is 0 Å². The van der Waals surface area contributed by atoms with Crippen molar-refractivity contribution in [3.05, 3.63) is 0 Å². The first-order valence-corrected chi connectivity index (χ1v) is 3.71. The molecule has 0 rings (SSSR count). The van der Waals surface area contributed by atoms with Gasteiger partial charge >= 0.3 is 0 Å². The third kappa shape index (κ3) is 1010. The molecule has 0 bridgehead atoms. The predicted octanol–water partition coefficient (Wildman–Crippen LogP) is 0.361. The van der Waals surface area contributed by atoms with E-state index in [2.05, 4.69) is 0 Å². The van der Waals surface area contributed by atoms with Crippen molar-refractivity contribution in [2.45, 2.75) is 27.7 Å². The van der Waals surface area contributed by atoms with Gasteiger partial charge in [0.2, 0.25) is 0 Å². The van der Waals surface area contributed by atoms with Gasteiger partial charge in [-0.1, -0.05) is 0 Å². The molecule has 104 valence electrons. The molecule has 0 aliphatic heterocycles. The summed E-state index contributed by atoms with van der Waals surface area (Å²) in [6.45, 7) is 4.33. The molecule has 0 fully saturated rings. The SMILES string of the molecule is CC(=O)O.CC(=O)O.CC(=O)O.CC(=O)O.[Ru]. The van der Waals surface area contributed by atoms with Crippen molar-refractivity contribution in [2.24, 2.45) is 0 Å². The molecule has 8 nitrogen and oxygen atoms in total. The quantitative estimate of drug-likeness (QED) is 0.461. The van der Waals surface area contributed by atoms with Crippen LogP contribution in [-0.2, 0) is 38.7 Å². The molecule has 0 unspecified atom stereocenters. The number of carboxylic acids is 4. The number of carbonyl (C=O) groups is 4. The van der Waals surface area contributed by atoms with Gasteiger partial charge in [0.15, 0.2) is 0 Å². The van der Waals surface area contributed by atoms with E-state index in [9.17, 15) is 0 Å². The molecule has 0 aromatic heterocycles.